The fraction of sp³-hybridized carbons (Fsp3) is 0.364. The van der Waals surface area contributed by atoms with Crippen LogP contribution in [0.2, 0.25) is 0 Å². The summed E-state index contributed by atoms with van der Waals surface area (Å²) in [6.07, 6.45) is 3.53. The molecule has 25 heavy (non-hydrogen) atoms. The van der Waals surface area contributed by atoms with Gasteiger partial charge in [0.1, 0.15) is 5.76 Å². The Morgan fingerprint density at radius 1 is 0.920 bits per heavy atom. The van der Waals surface area contributed by atoms with E-state index in [4.69, 9.17) is 4.42 Å². The highest BCUT2D eigenvalue weighted by Crippen LogP contribution is 2.62. The number of fused-ring (bicyclic) bond motifs is 5. The Morgan fingerprint density at radius 2 is 1.64 bits per heavy atom. The van der Waals surface area contributed by atoms with Crippen molar-refractivity contribution in [2.45, 2.75) is 26.2 Å². The molecule has 2 bridgehead atoms. The van der Waals surface area contributed by atoms with Crippen LogP contribution in [0.25, 0.3) is 11.1 Å². The molecule has 0 spiro atoms. The van der Waals surface area contributed by atoms with Crippen LogP contribution in [0.5, 0.6) is 0 Å². The molecule has 2 saturated carbocycles. The van der Waals surface area contributed by atoms with Crippen LogP contribution in [0.4, 0.5) is 0 Å². The van der Waals surface area contributed by atoms with Gasteiger partial charge in [-0.1, -0.05) is 30.3 Å². The van der Waals surface area contributed by atoms with Gasteiger partial charge in [0.15, 0.2) is 5.78 Å². The van der Waals surface area contributed by atoms with E-state index in [0.29, 0.717) is 17.6 Å². The lowest BCUT2D eigenvalue weighted by atomic mass is 9.77. The van der Waals surface area contributed by atoms with Gasteiger partial charge in [0.25, 0.3) is 0 Å². The number of allylic oxidation sites excluding steroid dienone is 2. The van der Waals surface area contributed by atoms with E-state index in [1.165, 1.54) is 12.8 Å². The third-order valence-corrected chi connectivity index (χ3v) is 6.34. The summed E-state index contributed by atoms with van der Waals surface area (Å²) in [5, 5.41) is 0. The topological polar surface area (TPSA) is 47.3 Å². The summed E-state index contributed by atoms with van der Waals surface area (Å²) >= 11 is 0. The second-order valence-corrected chi connectivity index (χ2v) is 7.68. The monoisotopic (exact) mass is 332 g/mol. The molecule has 1 aromatic carbocycles. The van der Waals surface area contributed by atoms with E-state index in [1.807, 2.05) is 36.4 Å². The summed E-state index contributed by atoms with van der Waals surface area (Å²) in [4.78, 5) is 25.3. The van der Waals surface area contributed by atoms with Crippen LogP contribution in [0, 0.1) is 30.6 Å². The molecule has 1 aromatic heterocycles. The van der Waals surface area contributed by atoms with Crippen molar-refractivity contribution in [1.29, 1.82) is 0 Å². The first-order chi connectivity index (χ1) is 12.1. The van der Waals surface area contributed by atoms with Gasteiger partial charge in [-0.2, -0.15) is 0 Å². The number of Topliss-reactive ketones (excluding diaryl/α,β-unsaturated/α-hetero) is 1. The molecule has 3 heteroatoms. The molecule has 4 atom stereocenters. The van der Waals surface area contributed by atoms with Crippen LogP contribution in [0.15, 0.2) is 51.7 Å². The second-order valence-electron chi connectivity index (χ2n) is 7.68. The lowest BCUT2D eigenvalue weighted by Crippen LogP contribution is -2.24. The molecule has 0 radical (unpaired) electrons. The fourth-order valence-electron chi connectivity index (χ4n) is 5.55. The first-order valence-corrected chi connectivity index (χ1v) is 9.09. The molecule has 1 heterocycles. The molecule has 0 amide bonds. The first-order valence-electron chi connectivity index (χ1n) is 9.09. The maximum Gasteiger partial charge on any atom is 0.336 e. The molecule has 0 N–H and O–H groups in total. The van der Waals surface area contributed by atoms with E-state index < -0.39 is 0 Å². The zero-order valence-corrected chi connectivity index (χ0v) is 14.2. The number of hydrogen-bond donors (Lipinski definition) is 0. The lowest BCUT2D eigenvalue weighted by molar-refractivity contribution is -0.118. The number of hydrogen-bond acceptors (Lipinski definition) is 3. The average molecular weight is 332 g/mol. The number of aryl methyl sites for hydroxylation is 1. The van der Waals surface area contributed by atoms with Crippen molar-refractivity contribution in [3.8, 4) is 0 Å². The third kappa shape index (κ3) is 2.11. The van der Waals surface area contributed by atoms with E-state index in [0.717, 1.165) is 28.7 Å². The first kappa shape index (κ1) is 14.9. The molecule has 3 aliphatic carbocycles. The smallest absolute Gasteiger partial charge is 0.336 e. The van der Waals surface area contributed by atoms with Gasteiger partial charge in [0, 0.05) is 17.6 Å². The van der Waals surface area contributed by atoms with E-state index in [9.17, 15) is 9.59 Å². The van der Waals surface area contributed by atoms with Gasteiger partial charge in [0.05, 0.1) is 0 Å². The van der Waals surface area contributed by atoms with E-state index in [1.54, 1.807) is 13.0 Å². The van der Waals surface area contributed by atoms with Crippen molar-refractivity contribution in [2.24, 2.45) is 23.7 Å². The maximum absolute atomic E-state index is 13.4. The molecule has 4 unspecified atom stereocenters. The van der Waals surface area contributed by atoms with Gasteiger partial charge < -0.3 is 4.42 Å². The number of carbonyl (C=O) groups is 1. The Labute approximate surface area is 146 Å². The predicted molar refractivity (Wildman–Crippen MR) is 95.8 cm³/mol. The number of rotatable bonds is 2. The highest BCUT2D eigenvalue weighted by molar-refractivity contribution is 6.32. The fourth-order valence-corrected chi connectivity index (χ4v) is 5.55. The third-order valence-electron chi connectivity index (χ3n) is 6.34. The predicted octanol–water partition coefficient (Wildman–Crippen LogP) is 4.10. The highest BCUT2D eigenvalue weighted by atomic mass is 16.4. The molecule has 0 saturated heterocycles. The number of ketones is 1. The highest BCUT2D eigenvalue weighted by Gasteiger charge is 2.57. The molecule has 126 valence electrons. The van der Waals surface area contributed by atoms with Crippen molar-refractivity contribution in [1.82, 2.24) is 0 Å². The zero-order valence-electron chi connectivity index (χ0n) is 14.2. The van der Waals surface area contributed by atoms with Gasteiger partial charge in [-0.25, -0.2) is 4.79 Å². The maximum atomic E-state index is 13.4. The lowest BCUT2D eigenvalue weighted by Gasteiger charge is -2.26. The molecule has 2 aromatic rings. The summed E-state index contributed by atoms with van der Waals surface area (Å²) < 4.78 is 5.16. The summed E-state index contributed by atoms with van der Waals surface area (Å²) in [5.41, 5.74) is 3.43. The minimum atomic E-state index is -0.339. The van der Waals surface area contributed by atoms with Crippen molar-refractivity contribution < 1.29 is 9.21 Å². The van der Waals surface area contributed by atoms with Crippen LogP contribution in [0.1, 0.15) is 36.1 Å². The number of carbonyl (C=O) groups excluding carboxylic acids is 1. The van der Waals surface area contributed by atoms with Gasteiger partial charge in [-0.05, 0) is 66.7 Å². The van der Waals surface area contributed by atoms with Gasteiger partial charge in [-0.3, -0.25) is 4.79 Å². The van der Waals surface area contributed by atoms with Crippen LogP contribution in [-0.2, 0) is 4.79 Å². The molecule has 2 fully saturated rings. The largest absolute Gasteiger partial charge is 0.428 e. The van der Waals surface area contributed by atoms with Crippen molar-refractivity contribution in [2.75, 3.05) is 0 Å². The van der Waals surface area contributed by atoms with Gasteiger partial charge in [0.2, 0.25) is 0 Å². The van der Waals surface area contributed by atoms with E-state index in [-0.39, 0.29) is 23.2 Å². The Bertz CT molecular complexity index is 951. The minimum Gasteiger partial charge on any atom is -0.428 e. The van der Waals surface area contributed by atoms with E-state index >= 15 is 0 Å². The average Bonchev–Trinajstić information content (AvgIpc) is 3.27. The summed E-state index contributed by atoms with van der Waals surface area (Å²) in [5.74, 6) is 2.34. The van der Waals surface area contributed by atoms with Gasteiger partial charge in [-0.15, -0.1) is 0 Å². The van der Waals surface area contributed by atoms with Crippen LogP contribution in [0.3, 0.4) is 0 Å². The quantitative estimate of drug-likeness (QED) is 0.832. The molecule has 3 nitrogen and oxygen atoms in total. The van der Waals surface area contributed by atoms with E-state index in [2.05, 4.69) is 0 Å². The minimum absolute atomic E-state index is 0.108. The Morgan fingerprint density at radius 3 is 2.36 bits per heavy atom. The molecule has 5 rings (SSSR count). The molecular weight excluding hydrogens is 312 g/mol. The van der Waals surface area contributed by atoms with Crippen LogP contribution < -0.4 is 5.63 Å². The second kappa shape index (κ2) is 5.29. The Balaban J connectivity index is 1.78. The summed E-state index contributed by atoms with van der Waals surface area (Å²) in [6.45, 7) is 1.79. The SMILES string of the molecule is Cc1cc(C2=C(c3ccccc3)C(=O)C3C4CCC(C4)C23)cc(=O)o1. The van der Waals surface area contributed by atoms with Crippen LogP contribution >= 0.6 is 0 Å². The molecule has 3 aliphatic rings. The normalized spacial score (nSPS) is 30.2. The summed E-state index contributed by atoms with van der Waals surface area (Å²) in [7, 11) is 0. The standard InChI is InChI=1S/C22H20O3/c1-12-9-16(11-17(23)25-12)19-18-14-7-8-15(10-14)21(18)22(24)20(19)13-5-3-2-4-6-13/h2-6,9,11,14-15,18,21H,7-8,10H2,1H3. The van der Waals surface area contributed by atoms with Crippen molar-refractivity contribution in [3.63, 3.8) is 0 Å². The van der Waals surface area contributed by atoms with Crippen molar-refractivity contribution >= 4 is 16.9 Å². The number of benzene rings is 1. The molecular formula is C22H20O3. The molecule has 0 aliphatic heterocycles. The van der Waals surface area contributed by atoms with Gasteiger partial charge >= 0.3 is 5.63 Å². The Hall–Kier alpha value is -2.42. The van der Waals surface area contributed by atoms with Crippen molar-refractivity contribution in [3.05, 3.63) is 69.8 Å². The zero-order chi connectivity index (χ0) is 17.1. The summed E-state index contributed by atoms with van der Waals surface area (Å²) in [6, 6.07) is 13.4. The Kier molecular flexibility index (Phi) is 3.15. The van der Waals surface area contributed by atoms with Crippen LogP contribution in [-0.4, -0.2) is 5.78 Å².